The number of amides is 2. The average Bonchev–Trinajstić information content (AvgIpc) is 3.15. The zero-order valence-electron chi connectivity index (χ0n) is 16.2. The first-order valence-corrected chi connectivity index (χ1v) is 9.29. The van der Waals surface area contributed by atoms with Crippen molar-refractivity contribution in [3.63, 3.8) is 0 Å². The molecule has 0 saturated heterocycles. The first-order chi connectivity index (χ1) is 14.4. The molecule has 2 amide bonds. The van der Waals surface area contributed by atoms with Crippen LogP contribution >= 0.6 is 0 Å². The summed E-state index contributed by atoms with van der Waals surface area (Å²) in [5.41, 5.74) is 1.49. The van der Waals surface area contributed by atoms with Crippen LogP contribution in [0.1, 0.15) is 33.2 Å². The summed E-state index contributed by atoms with van der Waals surface area (Å²) in [7, 11) is 0. The number of nitrogens with zero attached hydrogens (tertiary/aromatic N) is 1. The van der Waals surface area contributed by atoms with Gasteiger partial charge in [-0.1, -0.05) is 30.3 Å². The minimum atomic E-state index is -1.24. The fourth-order valence-corrected chi connectivity index (χ4v) is 3.18. The van der Waals surface area contributed by atoms with Crippen molar-refractivity contribution >= 4 is 28.7 Å². The number of rotatable bonds is 7. The highest BCUT2D eigenvalue weighted by molar-refractivity contribution is 6.06. The number of carbonyl (C=O) groups excluding carboxylic acids is 2. The third kappa shape index (κ3) is 4.47. The lowest BCUT2D eigenvalue weighted by molar-refractivity contribution is -0.123. The number of aromatic carboxylic acids is 1. The number of carboxylic acids is 1. The number of hydrogen-bond donors (Lipinski definition) is 4. The summed E-state index contributed by atoms with van der Waals surface area (Å²) in [6.45, 7) is 1.53. The quantitative estimate of drug-likeness (QED) is 0.479. The highest BCUT2D eigenvalue weighted by Crippen LogP contribution is 2.19. The van der Waals surface area contributed by atoms with E-state index in [-0.39, 0.29) is 17.5 Å². The van der Waals surface area contributed by atoms with Gasteiger partial charge in [0, 0.05) is 23.5 Å². The summed E-state index contributed by atoms with van der Waals surface area (Å²) < 4.78 is 0. The van der Waals surface area contributed by atoms with E-state index in [0.717, 1.165) is 16.5 Å². The van der Waals surface area contributed by atoms with Crippen LogP contribution in [0.4, 0.5) is 0 Å². The highest BCUT2D eigenvalue weighted by atomic mass is 16.4. The van der Waals surface area contributed by atoms with Crippen molar-refractivity contribution in [3.05, 3.63) is 71.4 Å². The number of nitriles is 1. The molecule has 3 rings (SSSR count). The van der Waals surface area contributed by atoms with E-state index >= 15 is 0 Å². The van der Waals surface area contributed by atoms with E-state index < -0.39 is 29.9 Å². The number of aromatic nitrogens is 1. The molecule has 30 heavy (non-hydrogen) atoms. The maximum atomic E-state index is 12.8. The molecule has 2 atom stereocenters. The average molecular weight is 404 g/mol. The molecular weight excluding hydrogens is 384 g/mol. The molecule has 8 heteroatoms. The fourth-order valence-electron chi connectivity index (χ4n) is 3.18. The van der Waals surface area contributed by atoms with Crippen LogP contribution in [0.15, 0.2) is 54.7 Å². The lowest BCUT2D eigenvalue weighted by Gasteiger charge is -2.19. The van der Waals surface area contributed by atoms with Crippen molar-refractivity contribution in [2.45, 2.75) is 25.4 Å². The summed E-state index contributed by atoms with van der Waals surface area (Å²) >= 11 is 0. The molecule has 2 unspecified atom stereocenters. The SMILES string of the molecule is CC(C#N)NC(=O)C(Cc1c[nH]c2ccccc12)NC(=O)c1ccccc1C(=O)O. The molecule has 1 heterocycles. The molecule has 0 saturated carbocycles. The van der Waals surface area contributed by atoms with Crippen molar-refractivity contribution in [2.75, 3.05) is 0 Å². The van der Waals surface area contributed by atoms with Crippen molar-refractivity contribution < 1.29 is 19.5 Å². The van der Waals surface area contributed by atoms with Gasteiger partial charge in [-0.15, -0.1) is 0 Å². The number of carbonyl (C=O) groups is 3. The number of aromatic amines is 1. The Morgan fingerprint density at radius 3 is 2.43 bits per heavy atom. The molecule has 0 fully saturated rings. The number of para-hydroxylation sites is 1. The zero-order chi connectivity index (χ0) is 21.7. The van der Waals surface area contributed by atoms with Gasteiger partial charge in [-0.2, -0.15) is 5.26 Å². The van der Waals surface area contributed by atoms with Gasteiger partial charge in [0.2, 0.25) is 5.91 Å². The first-order valence-electron chi connectivity index (χ1n) is 9.29. The Kier molecular flexibility index (Phi) is 6.13. The minimum Gasteiger partial charge on any atom is -0.478 e. The Balaban J connectivity index is 1.90. The topological polar surface area (TPSA) is 135 Å². The molecule has 8 nitrogen and oxygen atoms in total. The molecule has 0 aliphatic carbocycles. The van der Waals surface area contributed by atoms with Gasteiger partial charge in [0.1, 0.15) is 12.1 Å². The Labute approximate surface area is 172 Å². The van der Waals surface area contributed by atoms with E-state index in [1.54, 1.807) is 12.3 Å². The van der Waals surface area contributed by atoms with Gasteiger partial charge in [0.05, 0.1) is 17.2 Å². The first kappa shape index (κ1) is 20.6. The van der Waals surface area contributed by atoms with Crippen LogP contribution in [0, 0.1) is 11.3 Å². The molecule has 0 aliphatic heterocycles. The van der Waals surface area contributed by atoms with Crippen LogP contribution in [0.5, 0.6) is 0 Å². The number of H-pyrrole nitrogens is 1. The molecule has 0 spiro atoms. The lowest BCUT2D eigenvalue weighted by Crippen LogP contribution is -2.50. The monoisotopic (exact) mass is 404 g/mol. The summed E-state index contributed by atoms with van der Waals surface area (Å²) in [6.07, 6.45) is 1.92. The lowest BCUT2D eigenvalue weighted by atomic mass is 10.0. The molecule has 152 valence electrons. The van der Waals surface area contributed by atoms with Crippen LogP contribution in [-0.2, 0) is 11.2 Å². The van der Waals surface area contributed by atoms with Crippen molar-refractivity contribution in [1.82, 2.24) is 15.6 Å². The van der Waals surface area contributed by atoms with E-state index in [1.165, 1.54) is 25.1 Å². The van der Waals surface area contributed by atoms with Gasteiger partial charge in [-0.25, -0.2) is 4.79 Å². The highest BCUT2D eigenvalue weighted by Gasteiger charge is 2.26. The van der Waals surface area contributed by atoms with Gasteiger partial charge >= 0.3 is 5.97 Å². The maximum Gasteiger partial charge on any atom is 0.336 e. The third-order valence-corrected chi connectivity index (χ3v) is 4.68. The second-order valence-corrected chi connectivity index (χ2v) is 6.80. The van der Waals surface area contributed by atoms with E-state index in [2.05, 4.69) is 15.6 Å². The largest absolute Gasteiger partial charge is 0.478 e. The molecule has 0 bridgehead atoms. The van der Waals surface area contributed by atoms with Crippen molar-refractivity contribution in [1.29, 1.82) is 5.26 Å². The predicted octanol–water partition coefficient (Wildman–Crippen LogP) is 2.24. The fraction of sp³-hybridized carbons (Fsp3) is 0.182. The summed E-state index contributed by atoms with van der Waals surface area (Å²) in [5.74, 6) is -2.45. The second-order valence-electron chi connectivity index (χ2n) is 6.80. The van der Waals surface area contributed by atoms with Gasteiger partial charge in [-0.05, 0) is 30.7 Å². The normalized spacial score (nSPS) is 12.5. The number of benzene rings is 2. The standard InChI is InChI=1S/C22H20N4O4/c1-13(11-23)25-21(28)19(10-14-12-24-18-9-5-4-6-15(14)18)26-20(27)16-7-2-3-8-17(16)22(29)30/h2-9,12-13,19,24H,10H2,1H3,(H,25,28)(H,26,27)(H,29,30). The van der Waals surface area contributed by atoms with Gasteiger partial charge < -0.3 is 20.7 Å². The molecule has 1 aromatic heterocycles. The smallest absolute Gasteiger partial charge is 0.336 e. The summed E-state index contributed by atoms with van der Waals surface area (Å²) in [5, 5.41) is 24.4. The molecule has 0 aliphatic rings. The minimum absolute atomic E-state index is 0.0462. The molecular formula is C22H20N4O4. The molecule has 0 radical (unpaired) electrons. The van der Waals surface area contributed by atoms with Gasteiger partial charge in [-0.3, -0.25) is 9.59 Å². The second kappa shape index (κ2) is 8.92. The predicted molar refractivity (Wildman–Crippen MR) is 110 cm³/mol. The maximum absolute atomic E-state index is 12.8. The Bertz CT molecular complexity index is 1150. The van der Waals surface area contributed by atoms with E-state index in [9.17, 15) is 19.5 Å². The molecule has 2 aromatic carbocycles. The van der Waals surface area contributed by atoms with Gasteiger partial charge in [0.25, 0.3) is 5.91 Å². The van der Waals surface area contributed by atoms with Crippen molar-refractivity contribution in [3.8, 4) is 6.07 Å². The number of nitrogens with one attached hydrogen (secondary N) is 3. The van der Waals surface area contributed by atoms with Crippen LogP contribution in [0.2, 0.25) is 0 Å². The number of fused-ring (bicyclic) bond motifs is 1. The van der Waals surface area contributed by atoms with E-state index in [0.29, 0.717) is 0 Å². The zero-order valence-corrected chi connectivity index (χ0v) is 16.2. The van der Waals surface area contributed by atoms with Crippen LogP contribution in [0.25, 0.3) is 10.9 Å². The number of hydrogen-bond acceptors (Lipinski definition) is 4. The third-order valence-electron chi connectivity index (χ3n) is 4.68. The Hall–Kier alpha value is -4.12. The Morgan fingerprint density at radius 2 is 1.73 bits per heavy atom. The van der Waals surface area contributed by atoms with Crippen molar-refractivity contribution in [2.24, 2.45) is 0 Å². The van der Waals surface area contributed by atoms with Crippen LogP contribution < -0.4 is 10.6 Å². The summed E-state index contributed by atoms with van der Waals surface area (Å²) in [4.78, 5) is 40.1. The molecule has 4 N–H and O–H groups in total. The van der Waals surface area contributed by atoms with E-state index in [4.69, 9.17) is 5.26 Å². The summed E-state index contributed by atoms with van der Waals surface area (Å²) in [6, 6.07) is 13.5. The van der Waals surface area contributed by atoms with Gasteiger partial charge in [0.15, 0.2) is 0 Å². The van der Waals surface area contributed by atoms with E-state index in [1.807, 2.05) is 30.3 Å². The van der Waals surface area contributed by atoms with Crippen LogP contribution in [-0.4, -0.2) is 40.0 Å². The Morgan fingerprint density at radius 1 is 1.07 bits per heavy atom. The number of carboxylic acid groups (broad SMARTS) is 1. The molecule has 3 aromatic rings. The van der Waals surface area contributed by atoms with Crippen LogP contribution in [0.3, 0.4) is 0 Å².